The van der Waals surface area contributed by atoms with E-state index in [4.69, 9.17) is 4.74 Å². The van der Waals surface area contributed by atoms with E-state index in [1.807, 2.05) is 18.2 Å². The Morgan fingerprint density at radius 3 is 2.38 bits per heavy atom. The molecule has 0 N–H and O–H groups in total. The fraction of sp³-hybridized carbons (Fsp3) is 0.375. The molecule has 0 atom stereocenters. The lowest BCUT2D eigenvalue weighted by atomic mass is 9.86. The quantitative estimate of drug-likeness (QED) is 0.546. The Balaban J connectivity index is 1.58. The van der Waals surface area contributed by atoms with Crippen LogP contribution in [0, 0.1) is 0 Å². The maximum Gasteiger partial charge on any atom is 0.338 e. The fourth-order valence-electron chi connectivity index (χ4n) is 3.34. The Labute approximate surface area is 171 Å². The number of ketones is 1. The molecule has 2 aromatic carbocycles. The molecule has 0 aromatic heterocycles. The highest BCUT2D eigenvalue weighted by Crippen LogP contribution is 2.22. The molecule has 1 amide bonds. The summed E-state index contributed by atoms with van der Waals surface area (Å²) in [6.07, 6.45) is 1.46. The van der Waals surface area contributed by atoms with Crippen LogP contribution in [0.4, 0.5) is 0 Å². The summed E-state index contributed by atoms with van der Waals surface area (Å²) in [5.74, 6) is -0.641. The summed E-state index contributed by atoms with van der Waals surface area (Å²) in [5, 5.41) is 0. The Bertz CT molecular complexity index is 909. The van der Waals surface area contributed by atoms with Gasteiger partial charge >= 0.3 is 5.97 Å². The Morgan fingerprint density at radius 1 is 1.03 bits per heavy atom. The van der Waals surface area contributed by atoms with Crippen molar-refractivity contribution in [1.82, 2.24) is 4.90 Å². The molecule has 1 saturated heterocycles. The minimum absolute atomic E-state index is 0.0126. The van der Waals surface area contributed by atoms with E-state index in [9.17, 15) is 14.4 Å². The van der Waals surface area contributed by atoms with E-state index in [1.165, 1.54) is 0 Å². The Morgan fingerprint density at radius 2 is 1.76 bits per heavy atom. The highest BCUT2D eigenvalue weighted by atomic mass is 16.5. The number of ether oxygens (including phenoxy) is 1. The first kappa shape index (κ1) is 20.8. The van der Waals surface area contributed by atoms with Gasteiger partial charge in [0.05, 0.1) is 5.56 Å². The molecular formula is C24H27NO4. The van der Waals surface area contributed by atoms with Gasteiger partial charge in [-0.15, -0.1) is 0 Å². The van der Waals surface area contributed by atoms with Gasteiger partial charge in [0, 0.05) is 25.1 Å². The molecule has 152 valence electrons. The summed E-state index contributed by atoms with van der Waals surface area (Å²) in [5.41, 5.74) is 2.92. The molecule has 1 fully saturated rings. The van der Waals surface area contributed by atoms with Gasteiger partial charge in [-0.05, 0) is 35.1 Å². The lowest BCUT2D eigenvalue weighted by Crippen LogP contribution is -2.24. The van der Waals surface area contributed by atoms with Crippen LogP contribution in [-0.2, 0) is 21.5 Å². The normalized spacial score (nSPS) is 14.2. The lowest BCUT2D eigenvalue weighted by molar-refractivity contribution is -0.128. The van der Waals surface area contributed by atoms with Gasteiger partial charge in [-0.2, -0.15) is 0 Å². The number of hydrogen-bond acceptors (Lipinski definition) is 4. The van der Waals surface area contributed by atoms with Gasteiger partial charge in [0.2, 0.25) is 5.91 Å². The number of carbonyl (C=O) groups is 3. The van der Waals surface area contributed by atoms with E-state index >= 15 is 0 Å². The van der Waals surface area contributed by atoms with Crippen molar-refractivity contribution < 1.29 is 19.1 Å². The van der Waals surface area contributed by atoms with Crippen molar-refractivity contribution in [2.24, 2.45) is 0 Å². The first-order chi connectivity index (χ1) is 13.7. The molecule has 5 heteroatoms. The molecule has 0 unspecified atom stereocenters. The fourth-order valence-corrected chi connectivity index (χ4v) is 3.34. The summed E-state index contributed by atoms with van der Waals surface area (Å²) in [6, 6.07) is 14.4. The highest BCUT2D eigenvalue weighted by molar-refractivity contribution is 5.99. The van der Waals surface area contributed by atoms with Gasteiger partial charge in [0.15, 0.2) is 12.4 Å². The van der Waals surface area contributed by atoms with Crippen molar-refractivity contribution in [3.8, 4) is 0 Å². The number of carbonyl (C=O) groups excluding carboxylic acids is 3. The third kappa shape index (κ3) is 5.31. The maximum absolute atomic E-state index is 12.4. The summed E-state index contributed by atoms with van der Waals surface area (Å²) >= 11 is 0. The topological polar surface area (TPSA) is 63.7 Å². The second-order valence-electron chi connectivity index (χ2n) is 8.45. The van der Waals surface area contributed by atoms with Crippen LogP contribution >= 0.6 is 0 Å². The second kappa shape index (κ2) is 8.60. The van der Waals surface area contributed by atoms with Crippen molar-refractivity contribution >= 4 is 17.7 Å². The van der Waals surface area contributed by atoms with E-state index < -0.39 is 5.97 Å². The SMILES string of the molecule is CC(C)(C)c1ccc(C(=O)COC(=O)c2cccc(CN3CCCC3=O)c2)cc1. The average Bonchev–Trinajstić information content (AvgIpc) is 3.10. The van der Waals surface area contributed by atoms with Gasteiger partial charge < -0.3 is 9.64 Å². The van der Waals surface area contributed by atoms with Crippen LogP contribution in [0.1, 0.15) is 65.5 Å². The van der Waals surface area contributed by atoms with Gasteiger partial charge in [0.1, 0.15) is 0 Å². The first-order valence-corrected chi connectivity index (χ1v) is 9.91. The van der Waals surface area contributed by atoms with E-state index in [-0.39, 0.29) is 23.7 Å². The van der Waals surface area contributed by atoms with Gasteiger partial charge in [-0.25, -0.2) is 4.79 Å². The minimum atomic E-state index is -0.542. The minimum Gasteiger partial charge on any atom is -0.454 e. The van der Waals surface area contributed by atoms with Crippen LogP contribution in [0.5, 0.6) is 0 Å². The Hall–Kier alpha value is -2.95. The lowest BCUT2D eigenvalue weighted by Gasteiger charge is -2.19. The molecule has 0 aliphatic carbocycles. The third-order valence-corrected chi connectivity index (χ3v) is 5.11. The van der Waals surface area contributed by atoms with E-state index in [2.05, 4.69) is 20.8 Å². The molecule has 5 nitrogen and oxygen atoms in total. The number of benzene rings is 2. The van der Waals surface area contributed by atoms with Crippen molar-refractivity contribution in [2.45, 2.75) is 45.6 Å². The molecule has 0 bridgehead atoms. The summed E-state index contributed by atoms with van der Waals surface area (Å²) in [4.78, 5) is 38.3. The number of likely N-dealkylation sites (tertiary alicyclic amines) is 1. The van der Waals surface area contributed by atoms with Crippen LogP contribution in [0.25, 0.3) is 0 Å². The largest absolute Gasteiger partial charge is 0.454 e. The molecule has 2 aromatic rings. The monoisotopic (exact) mass is 393 g/mol. The summed E-state index contributed by atoms with van der Waals surface area (Å²) in [7, 11) is 0. The van der Waals surface area contributed by atoms with E-state index in [0.717, 1.165) is 24.1 Å². The number of rotatable bonds is 6. The zero-order valence-corrected chi connectivity index (χ0v) is 17.2. The van der Waals surface area contributed by atoms with Crippen LogP contribution in [-0.4, -0.2) is 35.7 Å². The highest BCUT2D eigenvalue weighted by Gasteiger charge is 2.21. The third-order valence-electron chi connectivity index (χ3n) is 5.11. The van der Waals surface area contributed by atoms with E-state index in [0.29, 0.717) is 24.1 Å². The zero-order valence-electron chi connectivity index (χ0n) is 17.2. The van der Waals surface area contributed by atoms with Crippen LogP contribution in [0.3, 0.4) is 0 Å². The second-order valence-corrected chi connectivity index (χ2v) is 8.45. The molecule has 1 aliphatic heterocycles. The standard InChI is InChI=1S/C24H27NO4/c1-24(2,3)20-11-9-18(10-12-20)21(26)16-29-23(28)19-7-4-6-17(14-19)15-25-13-5-8-22(25)27/h4,6-7,9-12,14H,5,8,13,15-16H2,1-3H3. The average molecular weight is 393 g/mol. The number of hydrogen-bond donors (Lipinski definition) is 0. The van der Waals surface area contributed by atoms with Gasteiger partial charge in [0.25, 0.3) is 0 Å². The zero-order chi connectivity index (χ0) is 21.0. The number of esters is 1. The number of amides is 1. The molecular weight excluding hydrogens is 366 g/mol. The van der Waals surface area contributed by atoms with Crippen molar-refractivity contribution in [1.29, 1.82) is 0 Å². The Kier molecular flexibility index (Phi) is 6.16. The van der Waals surface area contributed by atoms with Crippen molar-refractivity contribution in [2.75, 3.05) is 13.2 Å². The van der Waals surface area contributed by atoms with Crippen LogP contribution < -0.4 is 0 Å². The predicted octanol–water partition coefficient (Wildman–Crippen LogP) is 4.15. The van der Waals surface area contributed by atoms with Gasteiger partial charge in [-0.1, -0.05) is 57.2 Å². The van der Waals surface area contributed by atoms with Crippen LogP contribution in [0.2, 0.25) is 0 Å². The predicted molar refractivity (Wildman–Crippen MR) is 111 cm³/mol. The molecule has 0 saturated carbocycles. The van der Waals surface area contributed by atoms with E-state index in [1.54, 1.807) is 35.2 Å². The summed E-state index contributed by atoms with van der Waals surface area (Å²) < 4.78 is 5.22. The summed E-state index contributed by atoms with van der Waals surface area (Å²) in [6.45, 7) is 7.26. The molecule has 0 spiro atoms. The number of Topliss-reactive ketones (excluding diaryl/α,β-unsaturated/α-hetero) is 1. The molecule has 1 aliphatic rings. The first-order valence-electron chi connectivity index (χ1n) is 9.91. The van der Waals surface area contributed by atoms with Crippen molar-refractivity contribution in [3.63, 3.8) is 0 Å². The van der Waals surface area contributed by atoms with Crippen molar-refractivity contribution in [3.05, 3.63) is 70.8 Å². The van der Waals surface area contributed by atoms with Gasteiger partial charge in [-0.3, -0.25) is 9.59 Å². The molecule has 3 rings (SSSR count). The smallest absolute Gasteiger partial charge is 0.338 e. The molecule has 1 heterocycles. The van der Waals surface area contributed by atoms with Crippen LogP contribution in [0.15, 0.2) is 48.5 Å². The molecule has 0 radical (unpaired) electrons. The molecule has 29 heavy (non-hydrogen) atoms. The number of nitrogens with zero attached hydrogens (tertiary/aromatic N) is 1. The maximum atomic E-state index is 12.4.